The van der Waals surface area contributed by atoms with Crippen LogP contribution in [0.25, 0.3) is 0 Å². The topological polar surface area (TPSA) is 43.9 Å². The number of rotatable bonds is 1. The number of imide groups is 1. The van der Waals surface area contributed by atoms with Crippen LogP contribution in [0.5, 0.6) is 0 Å². The van der Waals surface area contributed by atoms with Crippen molar-refractivity contribution in [3.8, 4) is 0 Å². The minimum absolute atomic E-state index is 0.0588. The average molecular weight is 257 g/mol. The molecule has 96 valence electrons. The number of hydrogen-bond acceptors (Lipinski definition) is 4. The Bertz CT molecular complexity index is 351. The lowest BCUT2D eigenvalue weighted by Gasteiger charge is -2.41. The lowest BCUT2D eigenvalue weighted by molar-refractivity contribution is -0.134. The first-order chi connectivity index (χ1) is 7.90. The van der Waals surface area contributed by atoms with Crippen LogP contribution in [0.4, 0.5) is 4.79 Å². The molecule has 3 amide bonds. The summed E-state index contributed by atoms with van der Waals surface area (Å²) >= 11 is 4.40. The van der Waals surface area contributed by atoms with Gasteiger partial charge in [-0.05, 0) is 19.8 Å². The van der Waals surface area contributed by atoms with Gasteiger partial charge in [-0.25, -0.2) is 4.79 Å². The maximum absolute atomic E-state index is 12.2. The highest BCUT2D eigenvalue weighted by atomic mass is 32.1. The number of amides is 3. The fourth-order valence-corrected chi connectivity index (χ4v) is 3.00. The highest BCUT2D eigenvalue weighted by Gasteiger charge is 2.55. The minimum atomic E-state index is -0.606. The molecule has 2 rings (SSSR count). The first kappa shape index (κ1) is 12.7. The van der Waals surface area contributed by atoms with Gasteiger partial charge < -0.3 is 4.90 Å². The second-order valence-electron chi connectivity index (χ2n) is 4.91. The van der Waals surface area contributed by atoms with Crippen molar-refractivity contribution in [1.82, 2.24) is 14.7 Å². The Morgan fingerprint density at radius 3 is 2.12 bits per heavy atom. The summed E-state index contributed by atoms with van der Waals surface area (Å²) in [5.74, 6) is -0.0588. The van der Waals surface area contributed by atoms with Gasteiger partial charge in [0.2, 0.25) is 0 Å². The smallest absolute Gasteiger partial charge is 0.312 e. The van der Waals surface area contributed by atoms with Crippen molar-refractivity contribution >= 4 is 24.6 Å². The number of urea groups is 1. The molecule has 17 heavy (non-hydrogen) atoms. The second kappa shape index (κ2) is 4.17. The summed E-state index contributed by atoms with van der Waals surface area (Å²) in [6.07, 6.45) is 1.40. The molecule has 2 fully saturated rings. The van der Waals surface area contributed by atoms with Gasteiger partial charge >= 0.3 is 6.03 Å². The second-order valence-corrected chi connectivity index (χ2v) is 5.65. The molecule has 1 unspecified atom stereocenters. The van der Waals surface area contributed by atoms with Crippen LogP contribution in [0.15, 0.2) is 0 Å². The van der Waals surface area contributed by atoms with Gasteiger partial charge in [-0.15, -0.1) is 0 Å². The third kappa shape index (κ3) is 1.74. The Morgan fingerprint density at radius 1 is 1.24 bits per heavy atom. The molecule has 2 aliphatic heterocycles. The van der Waals surface area contributed by atoms with E-state index in [1.807, 2.05) is 6.92 Å². The highest BCUT2D eigenvalue weighted by molar-refractivity contribution is 7.80. The van der Waals surface area contributed by atoms with E-state index in [0.717, 1.165) is 13.1 Å². The van der Waals surface area contributed by atoms with Crippen molar-refractivity contribution < 1.29 is 9.59 Å². The number of piperidine rings is 1. The molecule has 6 heteroatoms. The standard InChI is InChI=1S/C11H19N3O2S/c1-8(17)14-6-4-11(5-7-14)9(15)12(2)10(16)13(11)3/h8,17H,4-7H2,1-3H3. The summed E-state index contributed by atoms with van der Waals surface area (Å²) in [6.45, 7) is 3.64. The van der Waals surface area contributed by atoms with Crippen LogP contribution in [0.3, 0.4) is 0 Å². The molecule has 1 spiro atoms. The molecule has 0 saturated carbocycles. The van der Waals surface area contributed by atoms with Crippen LogP contribution in [0.1, 0.15) is 19.8 Å². The van der Waals surface area contributed by atoms with E-state index in [2.05, 4.69) is 17.5 Å². The normalized spacial score (nSPS) is 27.1. The maximum atomic E-state index is 12.2. The number of nitrogens with zero attached hydrogens (tertiary/aromatic N) is 3. The number of likely N-dealkylation sites (tertiary alicyclic amines) is 1. The summed E-state index contributed by atoms with van der Waals surface area (Å²) in [6, 6.07) is -0.192. The van der Waals surface area contributed by atoms with Crippen molar-refractivity contribution in [1.29, 1.82) is 0 Å². The molecule has 5 nitrogen and oxygen atoms in total. The lowest BCUT2D eigenvalue weighted by Crippen LogP contribution is -2.56. The van der Waals surface area contributed by atoms with E-state index < -0.39 is 5.54 Å². The van der Waals surface area contributed by atoms with Gasteiger partial charge in [0, 0.05) is 32.6 Å². The van der Waals surface area contributed by atoms with E-state index in [4.69, 9.17) is 0 Å². The predicted octanol–water partition coefficient (Wildman–Crippen LogP) is 0.621. The molecule has 2 heterocycles. The fraction of sp³-hybridized carbons (Fsp3) is 0.818. The molecule has 0 bridgehead atoms. The van der Waals surface area contributed by atoms with Crippen molar-refractivity contribution in [3.63, 3.8) is 0 Å². The Hall–Kier alpha value is -0.750. The van der Waals surface area contributed by atoms with Crippen LogP contribution < -0.4 is 0 Å². The van der Waals surface area contributed by atoms with Gasteiger partial charge in [0.15, 0.2) is 0 Å². The molecule has 1 atom stereocenters. The first-order valence-electron chi connectivity index (χ1n) is 5.88. The predicted molar refractivity (Wildman–Crippen MR) is 67.9 cm³/mol. The Morgan fingerprint density at radius 2 is 1.76 bits per heavy atom. The molecule has 0 aromatic carbocycles. The number of likely N-dealkylation sites (N-methyl/N-ethyl adjacent to an activating group) is 2. The molecule has 0 radical (unpaired) electrons. The SMILES string of the molecule is CC(S)N1CCC2(CC1)C(=O)N(C)C(=O)N2C. The Labute approximate surface area is 107 Å². The fourth-order valence-electron chi connectivity index (χ4n) is 2.77. The van der Waals surface area contributed by atoms with Crippen molar-refractivity contribution in [3.05, 3.63) is 0 Å². The maximum Gasteiger partial charge on any atom is 0.327 e. The average Bonchev–Trinajstić information content (AvgIpc) is 2.47. The van der Waals surface area contributed by atoms with Crippen LogP contribution >= 0.6 is 12.6 Å². The van der Waals surface area contributed by atoms with Gasteiger partial charge in [-0.2, -0.15) is 12.6 Å². The van der Waals surface area contributed by atoms with Crippen LogP contribution in [-0.2, 0) is 4.79 Å². The molecule has 0 aliphatic carbocycles. The largest absolute Gasteiger partial charge is 0.327 e. The van der Waals surface area contributed by atoms with Crippen LogP contribution in [0, 0.1) is 0 Å². The van der Waals surface area contributed by atoms with Gasteiger partial charge in [0.05, 0.1) is 0 Å². The monoisotopic (exact) mass is 257 g/mol. The summed E-state index contributed by atoms with van der Waals surface area (Å²) in [7, 11) is 3.28. The van der Waals surface area contributed by atoms with E-state index in [-0.39, 0.29) is 17.3 Å². The molecule has 0 N–H and O–H groups in total. The van der Waals surface area contributed by atoms with Crippen LogP contribution in [0.2, 0.25) is 0 Å². The zero-order chi connectivity index (χ0) is 12.8. The number of carbonyl (C=O) groups excluding carboxylic acids is 2. The Balaban J connectivity index is 2.17. The van der Waals surface area contributed by atoms with Gasteiger partial charge in [0.1, 0.15) is 5.54 Å². The van der Waals surface area contributed by atoms with E-state index in [1.165, 1.54) is 4.90 Å². The third-order valence-electron chi connectivity index (χ3n) is 4.07. The van der Waals surface area contributed by atoms with Gasteiger partial charge in [-0.1, -0.05) is 0 Å². The van der Waals surface area contributed by atoms with Crippen molar-refractivity contribution in [2.45, 2.75) is 30.7 Å². The molecule has 0 aromatic rings. The zero-order valence-corrected chi connectivity index (χ0v) is 11.4. The number of hydrogen-bond donors (Lipinski definition) is 1. The van der Waals surface area contributed by atoms with Gasteiger partial charge in [-0.3, -0.25) is 14.6 Å². The molecule has 2 saturated heterocycles. The molecular formula is C11H19N3O2S. The van der Waals surface area contributed by atoms with Gasteiger partial charge in [0.25, 0.3) is 5.91 Å². The third-order valence-corrected chi connectivity index (χ3v) is 4.40. The summed E-state index contributed by atoms with van der Waals surface area (Å²) < 4.78 is 0. The summed E-state index contributed by atoms with van der Waals surface area (Å²) in [5, 5.41) is 0.197. The number of carbonyl (C=O) groups is 2. The highest BCUT2D eigenvalue weighted by Crippen LogP contribution is 2.35. The quantitative estimate of drug-likeness (QED) is 0.553. The van der Waals surface area contributed by atoms with E-state index in [0.29, 0.717) is 12.8 Å². The zero-order valence-electron chi connectivity index (χ0n) is 10.5. The van der Waals surface area contributed by atoms with E-state index in [9.17, 15) is 9.59 Å². The Kier molecular flexibility index (Phi) is 3.12. The lowest BCUT2D eigenvalue weighted by atomic mass is 9.86. The summed E-state index contributed by atoms with van der Waals surface area (Å²) in [5.41, 5.74) is -0.606. The molecule has 0 aromatic heterocycles. The minimum Gasteiger partial charge on any atom is -0.312 e. The van der Waals surface area contributed by atoms with Crippen molar-refractivity contribution in [2.75, 3.05) is 27.2 Å². The number of thiol groups is 1. The van der Waals surface area contributed by atoms with E-state index >= 15 is 0 Å². The van der Waals surface area contributed by atoms with Crippen LogP contribution in [-0.4, -0.2) is 64.7 Å². The van der Waals surface area contributed by atoms with E-state index in [1.54, 1.807) is 19.0 Å². The summed E-state index contributed by atoms with van der Waals surface area (Å²) in [4.78, 5) is 29.1. The molecule has 2 aliphatic rings. The van der Waals surface area contributed by atoms with Crippen molar-refractivity contribution in [2.24, 2.45) is 0 Å². The molecular weight excluding hydrogens is 238 g/mol. The first-order valence-corrected chi connectivity index (χ1v) is 6.40.